The van der Waals surface area contributed by atoms with E-state index in [0.717, 1.165) is 12.0 Å². The van der Waals surface area contributed by atoms with Crippen LogP contribution in [0.15, 0.2) is 30.3 Å². The maximum atomic E-state index is 12.4. The molecule has 3 N–H and O–H groups in total. The van der Waals surface area contributed by atoms with Crippen LogP contribution in [-0.2, 0) is 16.1 Å². The maximum absolute atomic E-state index is 12.4. The van der Waals surface area contributed by atoms with Crippen molar-refractivity contribution in [2.75, 3.05) is 19.6 Å². The molecular weight excluding hydrogens is 326 g/mol. The summed E-state index contributed by atoms with van der Waals surface area (Å²) < 4.78 is 0. The van der Waals surface area contributed by atoms with E-state index in [4.69, 9.17) is 5.73 Å². The first-order valence-corrected chi connectivity index (χ1v) is 8.14. The highest BCUT2D eigenvalue weighted by Crippen LogP contribution is 2.12. The maximum Gasteiger partial charge on any atom is 0.225 e. The molecule has 0 heterocycles. The van der Waals surface area contributed by atoms with Crippen LogP contribution in [0.5, 0.6) is 0 Å². The number of nitrogens with one attached hydrogen (secondary N) is 1. The van der Waals surface area contributed by atoms with Crippen molar-refractivity contribution < 1.29 is 9.59 Å². The number of amides is 2. The van der Waals surface area contributed by atoms with Gasteiger partial charge in [0.05, 0.1) is 0 Å². The second kappa shape index (κ2) is 11.0. The zero-order chi connectivity index (χ0) is 17.3. The summed E-state index contributed by atoms with van der Waals surface area (Å²) in [5.41, 5.74) is 6.22. The van der Waals surface area contributed by atoms with Gasteiger partial charge < -0.3 is 16.0 Å². The average Bonchev–Trinajstić information content (AvgIpc) is 2.51. The Morgan fingerprint density at radius 1 is 1.17 bits per heavy atom. The van der Waals surface area contributed by atoms with Crippen LogP contribution < -0.4 is 11.1 Å². The van der Waals surface area contributed by atoms with Gasteiger partial charge in [-0.05, 0) is 18.5 Å². The lowest BCUT2D eigenvalue weighted by Crippen LogP contribution is -2.38. The first-order chi connectivity index (χ1) is 10.8. The average molecular weight is 356 g/mol. The summed E-state index contributed by atoms with van der Waals surface area (Å²) in [7, 11) is 0. The SMILES string of the molecule is CC(C)(C)C(=O)NCCC(=O)N(CCCN)Cc1ccccc1.Cl. The molecule has 0 fully saturated rings. The molecule has 5 nitrogen and oxygen atoms in total. The summed E-state index contributed by atoms with van der Waals surface area (Å²) in [6.07, 6.45) is 1.08. The lowest BCUT2D eigenvalue weighted by atomic mass is 9.96. The fraction of sp³-hybridized carbons (Fsp3) is 0.556. The number of carbonyl (C=O) groups excluding carboxylic acids is 2. The van der Waals surface area contributed by atoms with E-state index < -0.39 is 5.41 Å². The van der Waals surface area contributed by atoms with Crippen molar-refractivity contribution in [2.45, 2.75) is 40.2 Å². The summed E-state index contributed by atoms with van der Waals surface area (Å²) >= 11 is 0. The van der Waals surface area contributed by atoms with Crippen LogP contribution in [0.2, 0.25) is 0 Å². The molecule has 2 amide bonds. The molecule has 0 radical (unpaired) electrons. The van der Waals surface area contributed by atoms with Crippen molar-refractivity contribution in [2.24, 2.45) is 11.1 Å². The number of carbonyl (C=O) groups is 2. The standard InChI is InChI=1S/C18H29N3O2.ClH/c1-18(2,3)17(23)20-12-10-16(22)21(13-7-11-19)14-15-8-5-4-6-9-15;/h4-6,8-9H,7,10-14,19H2,1-3H3,(H,20,23);1H. The number of benzene rings is 1. The van der Waals surface area contributed by atoms with E-state index in [1.54, 1.807) is 0 Å². The van der Waals surface area contributed by atoms with Crippen LogP contribution in [0.4, 0.5) is 0 Å². The van der Waals surface area contributed by atoms with Gasteiger partial charge in [-0.1, -0.05) is 51.1 Å². The third-order valence-corrected chi connectivity index (χ3v) is 3.51. The molecule has 24 heavy (non-hydrogen) atoms. The Hall–Kier alpha value is -1.59. The van der Waals surface area contributed by atoms with Gasteiger partial charge in [0.1, 0.15) is 0 Å². The Morgan fingerprint density at radius 2 is 1.79 bits per heavy atom. The number of hydrogen-bond donors (Lipinski definition) is 2. The first kappa shape index (κ1) is 22.4. The van der Waals surface area contributed by atoms with Crippen molar-refractivity contribution >= 4 is 24.2 Å². The second-order valence-corrected chi connectivity index (χ2v) is 6.70. The van der Waals surface area contributed by atoms with E-state index in [-0.39, 0.29) is 24.2 Å². The van der Waals surface area contributed by atoms with E-state index in [1.165, 1.54) is 0 Å². The molecule has 1 rings (SSSR count). The number of rotatable bonds is 8. The van der Waals surface area contributed by atoms with Crippen molar-refractivity contribution in [1.29, 1.82) is 0 Å². The monoisotopic (exact) mass is 355 g/mol. The molecule has 1 aromatic rings. The van der Waals surface area contributed by atoms with Gasteiger partial charge in [0.2, 0.25) is 11.8 Å². The Bertz CT molecular complexity index is 501. The van der Waals surface area contributed by atoms with Crippen LogP contribution in [0.25, 0.3) is 0 Å². The van der Waals surface area contributed by atoms with Gasteiger partial charge in [-0.25, -0.2) is 0 Å². The third-order valence-electron chi connectivity index (χ3n) is 3.51. The summed E-state index contributed by atoms with van der Waals surface area (Å²) in [4.78, 5) is 26.1. The fourth-order valence-electron chi connectivity index (χ4n) is 2.08. The van der Waals surface area contributed by atoms with Crippen molar-refractivity contribution in [1.82, 2.24) is 10.2 Å². The van der Waals surface area contributed by atoms with Crippen LogP contribution in [-0.4, -0.2) is 36.3 Å². The zero-order valence-corrected chi connectivity index (χ0v) is 15.7. The fourth-order valence-corrected chi connectivity index (χ4v) is 2.08. The number of hydrogen-bond acceptors (Lipinski definition) is 3. The Labute approximate surface area is 151 Å². The third kappa shape index (κ3) is 8.31. The molecule has 0 saturated heterocycles. The number of nitrogens with two attached hydrogens (primary N) is 1. The van der Waals surface area contributed by atoms with Crippen LogP contribution in [0.3, 0.4) is 0 Å². The lowest BCUT2D eigenvalue weighted by Gasteiger charge is -2.23. The minimum absolute atomic E-state index is 0. The Morgan fingerprint density at radius 3 is 2.33 bits per heavy atom. The lowest BCUT2D eigenvalue weighted by molar-refractivity contribution is -0.132. The van der Waals surface area contributed by atoms with E-state index in [0.29, 0.717) is 32.6 Å². The normalized spacial score (nSPS) is 10.7. The van der Waals surface area contributed by atoms with Gasteiger partial charge in [0.25, 0.3) is 0 Å². The van der Waals surface area contributed by atoms with E-state index in [9.17, 15) is 9.59 Å². The Balaban J connectivity index is 0.00000529. The largest absolute Gasteiger partial charge is 0.355 e. The molecular formula is C18H30ClN3O2. The summed E-state index contributed by atoms with van der Waals surface area (Å²) in [5, 5.41) is 2.82. The molecule has 0 unspecified atom stereocenters. The molecule has 0 aromatic heterocycles. The number of halogens is 1. The van der Waals surface area contributed by atoms with Gasteiger partial charge in [-0.2, -0.15) is 0 Å². The molecule has 0 aliphatic rings. The predicted octanol–water partition coefficient (Wildman–Crippen LogP) is 2.34. The summed E-state index contributed by atoms with van der Waals surface area (Å²) in [5.74, 6) is -0.00150. The van der Waals surface area contributed by atoms with E-state index >= 15 is 0 Å². The smallest absolute Gasteiger partial charge is 0.225 e. The van der Waals surface area contributed by atoms with E-state index in [2.05, 4.69) is 5.32 Å². The predicted molar refractivity (Wildman–Crippen MR) is 99.9 cm³/mol. The molecule has 0 spiro atoms. The summed E-state index contributed by atoms with van der Waals surface area (Å²) in [6, 6.07) is 9.89. The van der Waals surface area contributed by atoms with E-state index in [1.807, 2.05) is 56.0 Å². The van der Waals surface area contributed by atoms with Gasteiger partial charge in [-0.15, -0.1) is 12.4 Å². The van der Waals surface area contributed by atoms with Gasteiger partial charge in [-0.3, -0.25) is 9.59 Å². The summed E-state index contributed by atoms with van der Waals surface area (Å²) in [6.45, 7) is 7.69. The highest BCUT2D eigenvalue weighted by atomic mass is 35.5. The van der Waals surface area contributed by atoms with Gasteiger partial charge >= 0.3 is 0 Å². The van der Waals surface area contributed by atoms with Gasteiger partial charge in [0, 0.05) is 31.5 Å². The minimum atomic E-state index is -0.438. The molecule has 0 atom stereocenters. The molecule has 136 valence electrons. The second-order valence-electron chi connectivity index (χ2n) is 6.70. The quantitative estimate of drug-likeness (QED) is 0.751. The van der Waals surface area contributed by atoms with Crippen LogP contribution >= 0.6 is 12.4 Å². The van der Waals surface area contributed by atoms with Crippen molar-refractivity contribution in [3.8, 4) is 0 Å². The van der Waals surface area contributed by atoms with Crippen molar-refractivity contribution in [3.05, 3.63) is 35.9 Å². The first-order valence-electron chi connectivity index (χ1n) is 8.14. The highest BCUT2D eigenvalue weighted by molar-refractivity contribution is 5.85. The molecule has 0 aliphatic heterocycles. The molecule has 0 bridgehead atoms. The Kier molecular flexibility index (Phi) is 10.3. The molecule has 1 aromatic carbocycles. The zero-order valence-electron chi connectivity index (χ0n) is 14.9. The topological polar surface area (TPSA) is 75.4 Å². The minimum Gasteiger partial charge on any atom is -0.355 e. The molecule has 0 saturated carbocycles. The number of nitrogens with zero attached hydrogens (tertiary/aromatic N) is 1. The van der Waals surface area contributed by atoms with Crippen molar-refractivity contribution in [3.63, 3.8) is 0 Å². The van der Waals surface area contributed by atoms with Crippen LogP contribution in [0, 0.1) is 5.41 Å². The van der Waals surface area contributed by atoms with Crippen LogP contribution in [0.1, 0.15) is 39.2 Å². The molecule has 0 aliphatic carbocycles. The highest BCUT2D eigenvalue weighted by Gasteiger charge is 2.21. The molecule has 6 heteroatoms. The van der Waals surface area contributed by atoms with Gasteiger partial charge in [0.15, 0.2) is 0 Å².